The number of aliphatic hydroxyl groups excluding tert-OH is 1. The predicted octanol–water partition coefficient (Wildman–Crippen LogP) is 17.1. The van der Waals surface area contributed by atoms with Gasteiger partial charge in [-0.3, -0.25) is 4.79 Å². The zero-order valence-electron chi connectivity index (χ0n) is 53.9. The van der Waals surface area contributed by atoms with Crippen molar-refractivity contribution in [2.45, 2.75) is 215 Å². The lowest BCUT2D eigenvalue weighted by Crippen LogP contribution is -2.84. The Morgan fingerprint density at radius 1 is 0.700 bits per heavy atom. The highest BCUT2D eigenvalue weighted by molar-refractivity contribution is 5.93. The van der Waals surface area contributed by atoms with E-state index in [0.717, 1.165) is 69.8 Å². The molecule has 20 atom stereocenters. The van der Waals surface area contributed by atoms with Crippen LogP contribution in [0.2, 0.25) is 0 Å². The lowest BCUT2D eigenvalue weighted by molar-refractivity contribution is -0.367. The van der Waals surface area contributed by atoms with Crippen LogP contribution in [0.4, 0.5) is 0 Å². The normalized spacial score (nSPS) is 41.5. The number of benzene rings is 5. The van der Waals surface area contributed by atoms with Gasteiger partial charge >= 0.3 is 11.9 Å². The molecule has 2 heterocycles. The van der Waals surface area contributed by atoms with Crippen molar-refractivity contribution >= 4 is 22.7 Å². The Morgan fingerprint density at radius 3 is 2.27 bits per heavy atom. The van der Waals surface area contributed by atoms with Crippen LogP contribution in [0.3, 0.4) is 0 Å². The molecule has 2 aliphatic heterocycles. The van der Waals surface area contributed by atoms with Gasteiger partial charge in [-0.25, -0.2) is 4.79 Å². The van der Waals surface area contributed by atoms with E-state index in [1.165, 1.54) is 72.4 Å². The number of ether oxygens (including phenoxy) is 2. The summed E-state index contributed by atoms with van der Waals surface area (Å²) in [7, 11) is 0. The number of hydrogen-bond acceptors (Lipinski definition) is 7. The van der Waals surface area contributed by atoms with Crippen LogP contribution in [0.5, 0.6) is 0 Å². The number of carbonyl (C=O) groups is 2. The molecule has 3 N–H and O–H groups in total. The number of cyclic esters (lactones) is 1. The summed E-state index contributed by atoms with van der Waals surface area (Å²) in [5.41, 5.74) is 3.36. The molecular formula is C83H98O7. The first-order valence-electron chi connectivity index (χ1n) is 35.9. The zero-order chi connectivity index (χ0) is 61.4. The molecular weight excluding hydrogens is 1110 g/mol. The minimum absolute atomic E-state index is 0.0852. The first kappa shape index (κ1) is 59.4. The van der Waals surface area contributed by atoms with E-state index in [9.17, 15) is 9.90 Å². The van der Waals surface area contributed by atoms with Crippen molar-refractivity contribution in [1.29, 1.82) is 0 Å². The van der Waals surface area contributed by atoms with Gasteiger partial charge < -0.3 is 24.8 Å². The zero-order valence-corrected chi connectivity index (χ0v) is 53.9. The van der Waals surface area contributed by atoms with Crippen molar-refractivity contribution in [2.24, 2.45) is 69.0 Å². The summed E-state index contributed by atoms with van der Waals surface area (Å²) in [6, 6.07) is 45.6. The fraction of sp³-hybridized carbons (Fsp3) is 0.566. The summed E-state index contributed by atoms with van der Waals surface area (Å²) in [4.78, 5) is 29.0. The first-order valence-corrected chi connectivity index (χ1v) is 35.9. The van der Waals surface area contributed by atoms with Crippen LogP contribution in [0.25, 0.3) is 10.8 Å². The molecule has 20 unspecified atom stereocenters. The van der Waals surface area contributed by atoms with Crippen molar-refractivity contribution in [2.75, 3.05) is 6.61 Å². The van der Waals surface area contributed by atoms with E-state index in [4.69, 9.17) is 9.47 Å². The van der Waals surface area contributed by atoms with Crippen LogP contribution in [0, 0.1) is 69.0 Å². The van der Waals surface area contributed by atoms with Gasteiger partial charge in [0.05, 0.1) is 23.0 Å². The van der Waals surface area contributed by atoms with Gasteiger partial charge in [-0.15, -0.1) is 0 Å². The second kappa shape index (κ2) is 22.3. The standard InChI is InChI=1S/C83H98O7/c1-53(17-15-22-54-18-7-4-8-19-54)45-63-32-30-58-29-28-56(46-55-20-9-5-10-21-55)47-66(58)76(86)90-69-51-77(2)43-44-81(63,87)83(82(77,88)42-34-57-48-71(85)89-52-57)70(84)37-39-78(3,75(69)83)62-36-41-79-40-35-60-50-80(61-24-11-6-12-25-61)38-14-13-27-67(80)65-33-31-59-23-16-26-64(68(79)49-62)72(59)73(65)74(60)79/h4-12,16,18-21,23-26,30-33,43-44,48,53,56,58,60,62-63,66-70,74-75,84,87-88H,13-15,17,22,27-29,34-42,45-47,49-52H2,1-3H3. The minimum Gasteiger partial charge on any atom is -0.462 e. The Balaban J connectivity index is 0.844. The first-order chi connectivity index (χ1) is 43.6. The van der Waals surface area contributed by atoms with Crippen LogP contribution in [-0.4, -0.2) is 57.3 Å². The molecule has 0 amide bonds. The molecule has 0 saturated heterocycles. The molecule has 2 spiro atoms. The average molecular weight is 1210 g/mol. The maximum atomic E-state index is 16.1. The number of esters is 2. The lowest BCUT2D eigenvalue weighted by atomic mass is 9.30. The molecule has 16 rings (SSSR count). The molecule has 472 valence electrons. The van der Waals surface area contributed by atoms with E-state index in [1.54, 1.807) is 22.8 Å². The van der Waals surface area contributed by atoms with Gasteiger partial charge in [0, 0.05) is 28.7 Å². The number of carbonyl (C=O) groups excluding carboxylic acids is 2. The summed E-state index contributed by atoms with van der Waals surface area (Å²) >= 11 is 0. The molecule has 7 nitrogen and oxygen atoms in total. The van der Waals surface area contributed by atoms with Crippen LogP contribution in [0.15, 0.2) is 157 Å². The van der Waals surface area contributed by atoms with Crippen molar-refractivity contribution in [3.05, 3.63) is 191 Å². The van der Waals surface area contributed by atoms with Gasteiger partial charge in [0.2, 0.25) is 0 Å². The van der Waals surface area contributed by atoms with E-state index < -0.39 is 51.5 Å². The van der Waals surface area contributed by atoms with E-state index in [2.05, 4.69) is 166 Å². The Morgan fingerprint density at radius 2 is 1.48 bits per heavy atom. The van der Waals surface area contributed by atoms with Gasteiger partial charge in [0.25, 0.3) is 0 Å². The van der Waals surface area contributed by atoms with E-state index >= 15 is 15.0 Å². The molecule has 6 saturated carbocycles. The summed E-state index contributed by atoms with van der Waals surface area (Å²) in [5, 5.41) is 47.5. The SMILES string of the molecule is CC(CCCc1ccccc1)CC1C=CC2CCC(Cc3ccccc3)CC2C(=O)OC2CC3(C)C=CC1(O)C1(C(O)CCC(C)(C4CCC56CCC7CC8(c9ccccc9)CCCCC8c8ccc9cccc(c9c8C75)C6C4)C21)C3(O)CCC1=CC(=O)OC1. The number of allylic oxidation sites excluding steroid dienone is 1. The van der Waals surface area contributed by atoms with Crippen LogP contribution < -0.4 is 0 Å². The number of aliphatic hydroxyl groups is 3. The number of rotatable bonds is 13. The van der Waals surface area contributed by atoms with Crippen molar-refractivity contribution in [3.8, 4) is 0 Å². The number of hydrogen-bond donors (Lipinski definition) is 3. The third-order valence-corrected chi connectivity index (χ3v) is 28.4. The molecule has 5 aromatic carbocycles. The quantitative estimate of drug-likeness (QED) is 0.0795. The predicted molar refractivity (Wildman–Crippen MR) is 355 cm³/mol. The molecule has 9 aliphatic carbocycles. The van der Waals surface area contributed by atoms with Gasteiger partial charge in [-0.2, -0.15) is 0 Å². The maximum Gasteiger partial charge on any atom is 0.331 e. The number of fused-ring (bicyclic) bond motifs is 5. The maximum absolute atomic E-state index is 16.1. The van der Waals surface area contributed by atoms with E-state index in [-0.39, 0.29) is 59.5 Å². The minimum atomic E-state index is -1.77. The molecule has 5 aromatic rings. The molecule has 90 heavy (non-hydrogen) atoms. The van der Waals surface area contributed by atoms with Crippen LogP contribution in [0.1, 0.15) is 207 Å². The Bertz CT molecular complexity index is 3650. The van der Waals surface area contributed by atoms with Gasteiger partial charge in [-0.05, 0) is 236 Å². The summed E-state index contributed by atoms with van der Waals surface area (Å²) in [5.74, 6) is 0.364. The molecule has 6 fully saturated rings. The molecule has 0 radical (unpaired) electrons. The fourth-order valence-corrected chi connectivity index (χ4v) is 24.5. The smallest absolute Gasteiger partial charge is 0.331 e. The van der Waals surface area contributed by atoms with Crippen LogP contribution in [-0.2, 0) is 37.3 Å². The Kier molecular flexibility index (Phi) is 14.7. The average Bonchev–Trinajstić information content (AvgIpc) is 0.687. The van der Waals surface area contributed by atoms with Gasteiger partial charge in [-0.1, -0.05) is 186 Å². The Labute approximate surface area is 535 Å². The lowest BCUT2D eigenvalue weighted by Gasteiger charge is -2.77. The number of aryl methyl sites for hydroxylation is 1. The third-order valence-electron chi connectivity index (χ3n) is 28.4. The van der Waals surface area contributed by atoms with Gasteiger partial charge in [0.1, 0.15) is 18.3 Å². The van der Waals surface area contributed by atoms with Crippen molar-refractivity contribution in [1.82, 2.24) is 0 Å². The highest BCUT2D eigenvalue weighted by atomic mass is 16.5. The highest BCUT2D eigenvalue weighted by Crippen LogP contribution is 2.80. The Hall–Kier alpha value is -5.60. The third kappa shape index (κ3) is 8.85. The van der Waals surface area contributed by atoms with Crippen molar-refractivity contribution in [3.63, 3.8) is 0 Å². The monoisotopic (exact) mass is 1210 g/mol. The van der Waals surface area contributed by atoms with E-state index in [1.807, 2.05) is 0 Å². The molecule has 11 aliphatic rings. The summed E-state index contributed by atoms with van der Waals surface area (Å²) in [6.07, 6.45) is 29.4. The summed E-state index contributed by atoms with van der Waals surface area (Å²) in [6.45, 7) is 7.12. The molecule has 3 bridgehead atoms. The largest absolute Gasteiger partial charge is 0.462 e. The van der Waals surface area contributed by atoms with E-state index in [0.29, 0.717) is 61.7 Å². The van der Waals surface area contributed by atoms with Crippen molar-refractivity contribution < 1.29 is 34.4 Å². The fourth-order valence-electron chi connectivity index (χ4n) is 24.5. The second-order valence-electron chi connectivity index (χ2n) is 32.4. The van der Waals surface area contributed by atoms with Crippen LogP contribution >= 0.6 is 0 Å². The second-order valence-corrected chi connectivity index (χ2v) is 32.4. The molecule has 7 heteroatoms. The molecule has 0 aromatic heterocycles. The topological polar surface area (TPSA) is 113 Å². The van der Waals surface area contributed by atoms with Gasteiger partial charge in [0.15, 0.2) is 0 Å². The summed E-state index contributed by atoms with van der Waals surface area (Å²) < 4.78 is 13.1. The highest BCUT2D eigenvalue weighted by Gasteiger charge is 2.83.